The zero-order valence-electron chi connectivity index (χ0n) is 32.9. The Hall–Kier alpha value is -7.94. The molecule has 10 aromatic carbocycles. The molecule has 60 heavy (non-hydrogen) atoms. The van der Waals surface area contributed by atoms with Gasteiger partial charge in [0.15, 0.2) is 0 Å². The molecule has 1 aromatic heterocycles. The first-order chi connectivity index (χ1) is 29.7. The average Bonchev–Trinajstić information content (AvgIpc) is 3.71. The zero-order valence-corrected chi connectivity index (χ0v) is 32.9. The molecule has 0 fully saturated rings. The lowest BCUT2D eigenvalue weighted by Gasteiger charge is -2.26. The van der Waals surface area contributed by atoms with Gasteiger partial charge in [-0.15, -0.1) is 0 Å². The summed E-state index contributed by atoms with van der Waals surface area (Å²) in [5, 5.41) is 4.78. The van der Waals surface area contributed by atoms with Crippen LogP contribution in [0.4, 0.5) is 17.1 Å². The predicted octanol–water partition coefficient (Wildman–Crippen LogP) is 16.5. The number of para-hydroxylation sites is 1. The molecule has 11 rings (SSSR count). The number of nitrogens with zero attached hydrogens (tertiary/aromatic N) is 1. The van der Waals surface area contributed by atoms with E-state index in [-0.39, 0.29) is 0 Å². The van der Waals surface area contributed by atoms with Gasteiger partial charge in [-0.1, -0.05) is 170 Å². The van der Waals surface area contributed by atoms with Crippen LogP contribution in [0, 0.1) is 0 Å². The Morgan fingerprint density at radius 2 is 0.667 bits per heavy atom. The molecule has 11 aromatic rings. The number of anilines is 3. The zero-order chi connectivity index (χ0) is 39.8. The molecule has 0 unspecified atom stereocenters. The Morgan fingerprint density at radius 3 is 1.30 bits per heavy atom. The third-order valence-electron chi connectivity index (χ3n) is 11.7. The van der Waals surface area contributed by atoms with Crippen molar-refractivity contribution in [1.29, 1.82) is 0 Å². The highest BCUT2D eigenvalue weighted by Crippen LogP contribution is 2.40. The van der Waals surface area contributed by atoms with E-state index >= 15 is 0 Å². The Morgan fingerprint density at radius 1 is 0.250 bits per heavy atom. The molecule has 0 bridgehead atoms. The van der Waals surface area contributed by atoms with Crippen molar-refractivity contribution in [3.8, 4) is 55.6 Å². The summed E-state index contributed by atoms with van der Waals surface area (Å²) in [5.74, 6) is 0. The van der Waals surface area contributed by atoms with Gasteiger partial charge in [0.05, 0.1) is 0 Å². The smallest absolute Gasteiger partial charge is 0.135 e. The van der Waals surface area contributed by atoms with E-state index in [0.29, 0.717) is 0 Å². The van der Waals surface area contributed by atoms with E-state index in [1.165, 1.54) is 60.8 Å². The topological polar surface area (TPSA) is 16.4 Å². The minimum Gasteiger partial charge on any atom is -0.456 e. The molecule has 1 heterocycles. The van der Waals surface area contributed by atoms with Crippen LogP contribution in [0.2, 0.25) is 0 Å². The van der Waals surface area contributed by atoms with Crippen LogP contribution in [0.25, 0.3) is 88.3 Å². The third-order valence-corrected chi connectivity index (χ3v) is 11.7. The summed E-state index contributed by atoms with van der Waals surface area (Å²) in [5.41, 5.74) is 17.0. The van der Waals surface area contributed by atoms with Crippen molar-refractivity contribution in [1.82, 2.24) is 0 Å². The maximum absolute atomic E-state index is 6.11. The summed E-state index contributed by atoms with van der Waals surface area (Å²) < 4.78 is 6.11. The monoisotopic (exact) mass is 765 g/mol. The lowest BCUT2D eigenvalue weighted by atomic mass is 9.97. The van der Waals surface area contributed by atoms with E-state index < -0.39 is 0 Å². The lowest BCUT2D eigenvalue weighted by Crippen LogP contribution is -2.09. The highest BCUT2D eigenvalue weighted by atomic mass is 16.3. The summed E-state index contributed by atoms with van der Waals surface area (Å²) in [6.07, 6.45) is 0. The second-order valence-electron chi connectivity index (χ2n) is 15.3. The maximum atomic E-state index is 6.11. The summed E-state index contributed by atoms with van der Waals surface area (Å²) >= 11 is 0. The molecule has 0 spiro atoms. The van der Waals surface area contributed by atoms with Crippen LogP contribution in [0.5, 0.6) is 0 Å². The second-order valence-corrected chi connectivity index (χ2v) is 15.3. The fourth-order valence-corrected chi connectivity index (χ4v) is 8.61. The van der Waals surface area contributed by atoms with Crippen LogP contribution in [-0.2, 0) is 0 Å². The summed E-state index contributed by atoms with van der Waals surface area (Å²) in [6.45, 7) is 0. The van der Waals surface area contributed by atoms with E-state index in [1.807, 2.05) is 12.1 Å². The van der Waals surface area contributed by atoms with Crippen molar-refractivity contribution >= 4 is 49.8 Å². The van der Waals surface area contributed by atoms with Crippen LogP contribution in [0.3, 0.4) is 0 Å². The fraction of sp³-hybridized carbons (Fsp3) is 0. The van der Waals surface area contributed by atoms with E-state index in [1.54, 1.807) is 0 Å². The summed E-state index contributed by atoms with van der Waals surface area (Å²) in [7, 11) is 0. The fourth-order valence-electron chi connectivity index (χ4n) is 8.61. The molecule has 2 nitrogen and oxygen atoms in total. The quantitative estimate of drug-likeness (QED) is 0.153. The summed E-state index contributed by atoms with van der Waals surface area (Å²) in [4.78, 5) is 2.35. The van der Waals surface area contributed by atoms with Crippen LogP contribution >= 0.6 is 0 Å². The van der Waals surface area contributed by atoms with Crippen molar-refractivity contribution in [2.45, 2.75) is 0 Å². The van der Waals surface area contributed by atoms with Gasteiger partial charge in [0.25, 0.3) is 0 Å². The molecule has 0 radical (unpaired) electrons. The van der Waals surface area contributed by atoms with Gasteiger partial charge in [0.2, 0.25) is 0 Å². The molecular formula is C58H39NO. The molecule has 0 N–H and O–H groups in total. The average molecular weight is 766 g/mol. The lowest BCUT2D eigenvalue weighted by molar-refractivity contribution is 0.669. The minimum atomic E-state index is 0.909. The maximum Gasteiger partial charge on any atom is 0.135 e. The Balaban J connectivity index is 0.943. The van der Waals surface area contributed by atoms with Crippen LogP contribution in [-0.4, -0.2) is 0 Å². The van der Waals surface area contributed by atoms with Crippen molar-refractivity contribution in [2.75, 3.05) is 4.90 Å². The van der Waals surface area contributed by atoms with Gasteiger partial charge < -0.3 is 9.32 Å². The number of hydrogen-bond acceptors (Lipinski definition) is 2. The van der Waals surface area contributed by atoms with Crippen LogP contribution < -0.4 is 4.90 Å². The molecule has 0 aliphatic rings. The number of benzene rings is 10. The van der Waals surface area contributed by atoms with Gasteiger partial charge in [0.1, 0.15) is 11.2 Å². The molecule has 0 saturated carbocycles. The molecule has 0 atom stereocenters. The van der Waals surface area contributed by atoms with Crippen molar-refractivity contribution in [2.24, 2.45) is 0 Å². The van der Waals surface area contributed by atoms with Gasteiger partial charge in [-0.3, -0.25) is 0 Å². The molecule has 0 aliphatic heterocycles. The van der Waals surface area contributed by atoms with Gasteiger partial charge >= 0.3 is 0 Å². The Bertz CT molecular complexity index is 3280. The van der Waals surface area contributed by atoms with Crippen molar-refractivity contribution in [3.63, 3.8) is 0 Å². The normalized spacial score (nSPS) is 11.3. The molecular weight excluding hydrogens is 727 g/mol. The first kappa shape index (κ1) is 35.2. The van der Waals surface area contributed by atoms with E-state index in [9.17, 15) is 0 Å². The molecule has 0 amide bonds. The first-order valence-corrected chi connectivity index (χ1v) is 20.5. The van der Waals surface area contributed by atoms with E-state index in [2.05, 4.69) is 229 Å². The van der Waals surface area contributed by atoms with Gasteiger partial charge in [-0.05, 0) is 133 Å². The third kappa shape index (κ3) is 6.61. The summed E-state index contributed by atoms with van der Waals surface area (Å²) in [6, 6.07) is 84.9. The molecule has 0 saturated heterocycles. The number of hydrogen-bond donors (Lipinski definition) is 0. The highest BCUT2D eigenvalue weighted by Gasteiger charge is 2.15. The Kier molecular flexibility index (Phi) is 8.87. The SMILES string of the molecule is c1ccc(-c2cccc(-c3ccc(N(c4ccc(-c5cccc(-c6ccc7oc8ccccc8c7c6)c5)cc4)c4ccc(-c5cccc6ccccc56)cc4)cc3)c2)cc1. The van der Waals surface area contributed by atoms with Crippen molar-refractivity contribution < 1.29 is 4.42 Å². The van der Waals surface area contributed by atoms with Gasteiger partial charge in [-0.25, -0.2) is 0 Å². The molecule has 2 heteroatoms. The number of furan rings is 1. The standard InChI is InChI=1S/C58H39NO/c1-2-11-40(12-3-1)45-15-8-16-46(37-45)41-23-30-50(31-24-41)59(52-34-27-44(28-35-52)54-21-10-14-43-13-4-5-19-53(43)54)51-32-25-42(26-33-51)47-17-9-18-48(38-47)49-29-36-58-56(39-49)55-20-6-7-22-57(55)60-58/h1-39H. The van der Waals surface area contributed by atoms with E-state index in [0.717, 1.165) is 44.6 Å². The number of fused-ring (bicyclic) bond motifs is 4. The predicted molar refractivity (Wildman–Crippen MR) is 253 cm³/mol. The van der Waals surface area contributed by atoms with Gasteiger partial charge in [0, 0.05) is 27.8 Å². The van der Waals surface area contributed by atoms with Gasteiger partial charge in [-0.2, -0.15) is 0 Å². The molecule has 0 aliphatic carbocycles. The largest absolute Gasteiger partial charge is 0.456 e. The van der Waals surface area contributed by atoms with E-state index in [4.69, 9.17) is 4.42 Å². The minimum absolute atomic E-state index is 0.909. The van der Waals surface area contributed by atoms with Crippen LogP contribution in [0.15, 0.2) is 241 Å². The Labute approximate surface area is 349 Å². The molecule has 282 valence electrons. The number of rotatable bonds is 8. The highest BCUT2D eigenvalue weighted by molar-refractivity contribution is 6.06. The first-order valence-electron chi connectivity index (χ1n) is 20.5. The van der Waals surface area contributed by atoms with Crippen LogP contribution in [0.1, 0.15) is 0 Å². The second kappa shape index (κ2) is 15.1. The van der Waals surface area contributed by atoms with Crippen molar-refractivity contribution in [3.05, 3.63) is 237 Å².